The molecule has 1 heterocycles. The number of piperidine rings is 1. The van der Waals surface area contributed by atoms with Crippen molar-refractivity contribution in [2.45, 2.75) is 19.3 Å². The van der Waals surface area contributed by atoms with Crippen molar-refractivity contribution < 1.29 is 9.84 Å². The maximum absolute atomic E-state index is 9.86. The predicted octanol–water partition coefficient (Wildman–Crippen LogP) is 1.94. The summed E-state index contributed by atoms with van der Waals surface area (Å²) in [6.45, 7) is 2.17. The molecule has 1 aliphatic heterocycles. The number of hydrogen-bond acceptors (Lipinski definition) is 3. The van der Waals surface area contributed by atoms with E-state index in [-0.39, 0.29) is 0 Å². The van der Waals surface area contributed by atoms with Crippen LogP contribution < -0.4 is 10.1 Å². The Labute approximate surface area is 96.4 Å². The summed E-state index contributed by atoms with van der Waals surface area (Å²) < 4.78 is 5.29. The second-order valence-corrected chi connectivity index (χ2v) is 4.36. The van der Waals surface area contributed by atoms with Crippen LogP contribution in [0.25, 0.3) is 0 Å². The fourth-order valence-electron chi connectivity index (χ4n) is 2.32. The van der Waals surface area contributed by atoms with E-state index in [9.17, 15) is 5.11 Å². The highest BCUT2D eigenvalue weighted by molar-refractivity contribution is 5.44. The Morgan fingerprint density at radius 2 is 2.12 bits per heavy atom. The number of phenols is 1. The minimum Gasteiger partial charge on any atom is -0.508 e. The van der Waals surface area contributed by atoms with E-state index in [2.05, 4.69) is 5.32 Å². The first-order valence-electron chi connectivity index (χ1n) is 5.87. The molecule has 2 rings (SSSR count). The highest BCUT2D eigenvalue weighted by Gasteiger charge is 2.17. The van der Waals surface area contributed by atoms with Crippen molar-refractivity contribution in [1.82, 2.24) is 5.32 Å². The van der Waals surface area contributed by atoms with E-state index in [1.54, 1.807) is 13.2 Å². The minimum atomic E-state index is 0.359. The molecule has 1 aromatic rings. The van der Waals surface area contributed by atoms with Crippen LogP contribution in [0.2, 0.25) is 0 Å². The predicted molar refractivity (Wildman–Crippen MR) is 64.0 cm³/mol. The van der Waals surface area contributed by atoms with Gasteiger partial charge in [0.25, 0.3) is 0 Å². The number of aromatic hydroxyl groups is 1. The normalized spacial score (nSPS) is 17.3. The molecule has 3 heteroatoms. The molecule has 3 nitrogen and oxygen atoms in total. The third kappa shape index (κ3) is 2.47. The topological polar surface area (TPSA) is 41.5 Å². The summed E-state index contributed by atoms with van der Waals surface area (Å²) in [5, 5.41) is 13.2. The summed E-state index contributed by atoms with van der Waals surface area (Å²) in [4.78, 5) is 0. The number of methoxy groups -OCH3 is 1. The molecular formula is C13H19NO2. The fourth-order valence-corrected chi connectivity index (χ4v) is 2.32. The Balaban J connectivity index is 2.12. The van der Waals surface area contributed by atoms with Crippen molar-refractivity contribution in [2.24, 2.45) is 5.92 Å². The van der Waals surface area contributed by atoms with E-state index in [4.69, 9.17) is 4.74 Å². The van der Waals surface area contributed by atoms with Crippen LogP contribution in [-0.4, -0.2) is 25.3 Å². The first kappa shape index (κ1) is 11.3. The minimum absolute atomic E-state index is 0.359. The third-order valence-corrected chi connectivity index (χ3v) is 3.28. The van der Waals surface area contributed by atoms with Gasteiger partial charge in [0.05, 0.1) is 7.11 Å². The largest absolute Gasteiger partial charge is 0.508 e. The molecule has 0 aliphatic carbocycles. The SMILES string of the molecule is COc1cccc(O)c1CC1CCNCC1. The fraction of sp³-hybridized carbons (Fsp3) is 0.538. The monoisotopic (exact) mass is 221 g/mol. The summed E-state index contributed by atoms with van der Waals surface area (Å²) in [6, 6.07) is 5.47. The average molecular weight is 221 g/mol. The van der Waals surface area contributed by atoms with Gasteiger partial charge < -0.3 is 15.2 Å². The lowest BCUT2D eigenvalue weighted by molar-refractivity contribution is 0.352. The highest BCUT2D eigenvalue weighted by Crippen LogP contribution is 2.31. The molecule has 1 saturated heterocycles. The van der Waals surface area contributed by atoms with Crippen LogP contribution in [0.1, 0.15) is 18.4 Å². The summed E-state index contributed by atoms with van der Waals surface area (Å²) in [5.41, 5.74) is 0.955. The first-order chi connectivity index (χ1) is 7.81. The van der Waals surface area contributed by atoms with Crippen molar-refractivity contribution in [1.29, 1.82) is 0 Å². The Morgan fingerprint density at radius 3 is 2.81 bits per heavy atom. The van der Waals surface area contributed by atoms with Crippen molar-refractivity contribution in [3.05, 3.63) is 23.8 Å². The van der Waals surface area contributed by atoms with Crippen molar-refractivity contribution >= 4 is 0 Å². The molecule has 1 aromatic carbocycles. The number of benzene rings is 1. The molecule has 0 saturated carbocycles. The van der Waals surface area contributed by atoms with E-state index in [0.29, 0.717) is 11.7 Å². The number of rotatable bonds is 3. The molecule has 2 N–H and O–H groups in total. The molecule has 16 heavy (non-hydrogen) atoms. The van der Waals surface area contributed by atoms with E-state index in [0.717, 1.165) is 30.8 Å². The Morgan fingerprint density at radius 1 is 1.38 bits per heavy atom. The summed E-state index contributed by atoms with van der Waals surface area (Å²) >= 11 is 0. The maximum Gasteiger partial charge on any atom is 0.125 e. The molecule has 88 valence electrons. The zero-order valence-electron chi connectivity index (χ0n) is 9.70. The molecule has 0 bridgehead atoms. The van der Waals surface area contributed by atoms with Gasteiger partial charge >= 0.3 is 0 Å². The number of phenolic OH excluding ortho intramolecular Hbond substituents is 1. The van der Waals surface area contributed by atoms with Crippen LogP contribution in [0.4, 0.5) is 0 Å². The Bertz CT molecular complexity index is 346. The first-order valence-corrected chi connectivity index (χ1v) is 5.87. The number of ether oxygens (including phenoxy) is 1. The lowest BCUT2D eigenvalue weighted by Gasteiger charge is -2.23. The van der Waals surface area contributed by atoms with Gasteiger partial charge in [-0.3, -0.25) is 0 Å². The second-order valence-electron chi connectivity index (χ2n) is 4.36. The summed E-state index contributed by atoms with van der Waals surface area (Å²) in [5.74, 6) is 1.82. The van der Waals surface area contributed by atoms with Gasteiger partial charge in [0.2, 0.25) is 0 Å². The van der Waals surface area contributed by atoms with E-state index < -0.39 is 0 Å². The maximum atomic E-state index is 9.86. The molecule has 0 radical (unpaired) electrons. The van der Waals surface area contributed by atoms with Gasteiger partial charge in [-0.15, -0.1) is 0 Å². The van der Waals surface area contributed by atoms with Gasteiger partial charge in [-0.2, -0.15) is 0 Å². The summed E-state index contributed by atoms with van der Waals surface area (Å²) in [6.07, 6.45) is 3.27. The van der Waals surface area contributed by atoms with Crippen LogP contribution >= 0.6 is 0 Å². The highest BCUT2D eigenvalue weighted by atomic mass is 16.5. The van der Waals surface area contributed by atoms with E-state index in [1.807, 2.05) is 12.1 Å². The average Bonchev–Trinajstić information content (AvgIpc) is 2.33. The van der Waals surface area contributed by atoms with Crippen LogP contribution in [0.15, 0.2) is 18.2 Å². The molecule has 1 fully saturated rings. The zero-order valence-corrected chi connectivity index (χ0v) is 9.70. The molecule has 0 unspecified atom stereocenters. The molecule has 0 amide bonds. The molecule has 0 atom stereocenters. The van der Waals surface area contributed by atoms with Crippen LogP contribution in [-0.2, 0) is 6.42 Å². The van der Waals surface area contributed by atoms with Gasteiger partial charge in [0, 0.05) is 5.56 Å². The molecule has 0 spiro atoms. The Kier molecular flexibility index (Phi) is 3.67. The van der Waals surface area contributed by atoms with Crippen molar-refractivity contribution in [3.63, 3.8) is 0 Å². The second kappa shape index (κ2) is 5.21. The van der Waals surface area contributed by atoms with Gasteiger partial charge in [-0.1, -0.05) is 6.07 Å². The van der Waals surface area contributed by atoms with E-state index >= 15 is 0 Å². The lowest BCUT2D eigenvalue weighted by Crippen LogP contribution is -2.28. The smallest absolute Gasteiger partial charge is 0.125 e. The van der Waals surface area contributed by atoms with Crippen molar-refractivity contribution in [3.8, 4) is 11.5 Å². The van der Waals surface area contributed by atoms with Crippen molar-refractivity contribution in [2.75, 3.05) is 20.2 Å². The van der Waals surface area contributed by atoms with Gasteiger partial charge in [-0.25, -0.2) is 0 Å². The van der Waals surface area contributed by atoms with E-state index in [1.165, 1.54) is 12.8 Å². The van der Waals surface area contributed by atoms with Crippen LogP contribution in [0.5, 0.6) is 11.5 Å². The number of nitrogens with one attached hydrogen (secondary N) is 1. The zero-order chi connectivity index (χ0) is 11.4. The molecular weight excluding hydrogens is 202 g/mol. The van der Waals surface area contributed by atoms with Crippen LogP contribution in [0.3, 0.4) is 0 Å². The standard InChI is InChI=1S/C13H19NO2/c1-16-13-4-2-3-12(15)11(13)9-10-5-7-14-8-6-10/h2-4,10,14-15H,5-9H2,1H3. The third-order valence-electron chi connectivity index (χ3n) is 3.28. The number of hydrogen-bond donors (Lipinski definition) is 2. The van der Waals surface area contributed by atoms with Crippen LogP contribution in [0, 0.1) is 5.92 Å². The van der Waals surface area contributed by atoms with Gasteiger partial charge in [0.1, 0.15) is 11.5 Å². The quantitative estimate of drug-likeness (QED) is 0.819. The van der Waals surface area contributed by atoms with Gasteiger partial charge in [-0.05, 0) is 50.4 Å². The van der Waals surface area contributed by atoms with Gasteiger partial charge in [0.15, 0.2) is 0 Å². The summed E-state index contributed by atoms with van der Waals surface area (Å²) in [7, 11) is 1.65. The Hall–Kier alpha value is -1.22. The lowest BCUT2D eigenvalue weighted by atomic mass is 9.90. The molecule has 1 aliphatic rings. The molecule has 0 aromatic heterocycles.